The third-order valence-electron chi connectivity index (χ3n) is 2.11. The molecule has 1 aliphatic heterocycles. The van der Waals surface area contributed by atoms with Crippen molar-refractivity contribution < 1.29 is 14.2 Å². The predicted octanol–water partition coefficient (Wildman–Crippen LogP) is 0.394. The van der Waals surface area contributed by atoms with Gasteiger partial charge in [-0.05, 0) is 6.42 Å². The Morgan fingerprint density at radius 2 is 2.25 bits per heavy atom. The molecule has 0 N–H and O–H groups in total. The molecule has 0 aromatic heterocycles. The maximum Gasteiger partial charge on any atom is 0.107 e. The van der Waals surface area contributed by atoms with Crippen molar-refractivity contribution >= 4 is 7.85 Å². The molecular formula is C8H15BO3. The Kier molecular flexibility index (Phi) is 4.05. The van der Waals surface area contributed by atoms with E-state index >= 15 is 0 Å². The molecule has 0 spiro atoms. The van der Waals surface area contributed by atoms with Crippen molar-refractivity contribution in [1.82, 2.24) is 0 Å². The molecule has 1 rings (SSSR count). The van der Waals surface area contributed by atoms with Gasteiger partial charge in [0.05, 0.1) is 20.6 Å². The maximum absolute atomic E-state index is 5.71. The van der Waals surface area contributed by atoms with Gasteiger partial charge in [-0.15, -0.1) is 0 Å². The van der Waals surface area contributed by atoms with E-state index in [-0.39, 0.29) is 18.0 Å². The van der Waals surface area contributed by atoms with Crippen LogP contribution >= 0.6 is 0 Å². The van der Waals surface area contributed by atoms with E-state index < -0.39 is 0 Å². The summed E-state index contributed by atoms with van der Waals surface area (Å²) >= 11 is 0. The Labute approximate surface area is 74.8 Å². The quantitative estimate of drug-likeness (QED) is 0.573. The molecule has 12 heavy (non-hydrogen) atoms. The van der Waals surface area contributed by atoms with Gasteiger partial charge < -0.3 is 14.2 Å². The minimum atomic E-state index is 0.0415. The zero-order valence-electron chi connectivity index (χ0n) is 7.66. The first-order valence-corrected chi connectivity index (χ1v) is 4.16. The lowest BCUT2D eigenvalue weighted by Gasteiger charge is -2.33. The third-order valence-corrected chi connectivity index (χ3v) is 2.11. The average molecular weight is 170 g/mol. The van der Waals surface area contributed by atoms with Gasteiger partial charge in [0.25, 0.3) is 0 Å². The highest BCUT2D eigenvalue weighted by Gasteiger charge is 2.28. The van der Waals surface area contributed by atoms with Crippen LogP contribution in [0.25, 0.3) is 0 Å². The van der Waals surface area contributed by atoms with Crippen LogP contribution in [0.4, 0.5) is 0 Å². The second-order valence-corrected chi connectivity index (χ2v) is 3.10. The Morgan fingerprint density at radius 3 is 2.83 bits per heavy atom. The fourth-order valence-electron chi connectivity index (χ4n) is 1.44. The molecule has 0 saturated carbocycles. The Bertz CT molecular complexity index is 131. The molecule has 0 aromatic rings. The van der Waals surface area contributed by atoms with Crippen molar-refractivity contribution in [2.75, 3.05) is 27.4 Å². The molecule has 2 radical (unpaired) electrons. The predicted molar refractivity (Wildman–Crippen MR) is 46.5 cm³/mol. The molecule has 2 unspecified atom stereocenters. The van der Waals surface area contributed by atoms with Crippen LogP contribution in [0.15, 0.2) is 0 Å². The molecule has 0 aliphatic carbocycles. The zero-order chi connectivity index (χ0) is 8.97. The van der Waals surface area contributed by atoms with Crippen LogP contribution in [0.1, 0.15) is 6.42 Å². The molecule has 1 aliphatic rings. The van der Waals surface area contributed by atoms with Gasteiger partial charge in [0.2, 0.25) is 0 Å². The van der Waals surface area contributed by atoms with Crippen molar-refractivity contribution in [3.63, 3.8) is 0 Å². The van der Waals surface area contributed by atoms with Crippen LogP contribution in [0, 0.1) is 0 Å². The molecule has 1 fully saturated rings. The summed E-state index contributed by atoms with van der Waals surface area (Å²) in [4.78, 5) is 0. The summed E-state index contributed by atoms with van der Waals surface area (Å²) in [6.07, 6.45) is 0.971. The summed E-state index contributed by atoms with van der Waals surface area (Å²) in [7, 11) is 9.05. The summed E-state index contributed by atoms with van der Waals surface area (Å²) in [6, 6.07) is 0. The SMILES string of the molecule is [B][C@H]1COC(COC)C(OC)C1. The van der Waals surface area contributed by atoms with E-state index in [0.717, 1.165) is 6.42 Å². The highest BCUT2D eigenvalue weighted by atomic mass is 16.6. The number of ether oxygens (including phenoxy) is 3. The highest BCUT2D eigenvalue weighted by Crippen LogP contribution is 2.23. The topological polar surface area (TPSA) is 27.7 Å². The number of methoxy groups -OCH3 is 2. The minimum absolute atomic E-state index is 0.0415. The van der Waals surface area contributed by atoms with Gasteiger partial charge in [-0.25, -0.2) is 0 Å². The first-order chi connectivity index (χ1) is 5.77. The highest BCUT2D eigenvalue weighted by molar-refractivity contribution is 6.11. The summed E-state index contributed by atoms with van der Waals surface area (Å²) in [6.45, 7) is 1.18. The van der Waals surface area contributed by atoms with Crippen LogP contribution in [-0.4, -0.2) is 47.5 Å². The van der Waals surface area contributed by atoms with Crippen LogP contribution in [-0.2, 0) is 14.2 Å². The fraction of sp³-hybridized carbons (Fsp3) is 1.00. The Morgan fingerprint density at radius 1 is 1.50 bits per heavy atom. The second-order valence-electron chi connectivity index (χ2n) is 3.10. The Balaban J connectivity index is 2.39. The zero-order valence-corrected chi connectivity index (χ0v) is 7.66. The molecule has 3 atom stereocenters. The molecule has 1 heterocycles. The van der Waals surface area contributed by atoms with Gasteiger partial charge in [-0.1, -0.05) is 5.82 Å². The molecular weight excluding hydrogens is 155 g/mol. The lowest BCUT2D eigenvalue weighted by molar-refractivity contribution is -0.113. The Hall–Kier alpha value is -0.0551. The second kappa shape index (κ2) is 4.85. The first kappa shape index (κ1) is 10.0. The van der Waals surface area contributed by atoms with Gasteiger partial charge in [0.15, 0.2) is 0 Å². The van der Waals surface area contributed by atoms with E-state index in [1.54, 1.807) is 14.2 Å². The third kappa shape index (κ3) is 2.47. The van der Waals surface area contributed by atoms with Gasteiger partial charge in [0, 0.05) is 20.8 Å². The lowest BCUT2D eigenvalue weighted by Crippen LogP contribution is -2.40. The van der Waals surface area contributed by atoms with E-state index in [4.69, 9.17) is 22.1 Å². The van der Waals surface area contributed by atoms with Gasteiger partial charge >= 0.3 is 0 Å². The average Bonchev–Trinajstić information content (AvgIpc) is 2.08. The maximum atomic E-state index is 5.71. The molecule has 4 heteroatoms. The van der Waals surface area contributed by atoms with Gasteiger partial charge in [-0.3, -0.25) is 0 Å². The van der Waals surface area contributed by atoms with E-state index in [1.165, 1.54) is 0 Å². The van der Waals surface area contributed by atoms with Crippen LogP contribution in [0.2, 0.25) is 5.82 Å². The molecule has 0 amide bonds. The molecule has 0 bridgehead atoms. The van der Waals surface area contributed by atoms with Crippen LogP contribution in [0.5, 0.6) is 0 Å². The molecule has 1 saturated heterocycles. The van der Waals surface area contributed by atoms with E-state index in [1.807, 2.05) is 0 Å². The van der Waals surface area contributed by atoms with Crippen molar-refractivity contribution in [2.45, 2.75) is 24.4 Å². The lowest BCUT2D eigenvalue weighted by atomic mass is 9.80. The number of hydrogen-bond donors (Lipinski definition) is 0. The van der Waals surface area contributed by atoms with Crippen molar-refractivity contribution in [2.24, 2.45) is 0 Å². The van der Waals surface area contributed by atoms with Crippen molar-refractivity contribution in [1.29, 1.82) is 0 Å². The molecule has 0 aromatic carbocycles. The fourth-order valence-corrected chi connectivity index (χ4v) is 1.44. The van der Waals surface area contributed by atoms with Gasteiger partial charge in [0.1, 0.15) is 6.10 Å². The van der Waals surface area contributed by atoms with E-state index in [9.17, 15) is 0 Å². The van der Waals surface area contributed by atoms with Crippen molar-refractivity contribution in [3.8, 4) is 0 Å². The molecule has 3 nitrogen and oxygen atoms in total. The van der Waals surface area contributed by atoms with E-state index in [0.29, 0.717) is 13.2 Å². The summed E-state index contributed by atoms with van der Waals surface area (Å²) in [5, 5.41) is 0. The number of hydrogen-bond acceptors (Lipinski definition) is 3. The monoisotopic (exact) mass is 170 g/mol. The standard InChI is InChI=1S/C8H15BO3/c1-10-5-8-7(11-2)3-6(9)4-12-8/h6-8H,3-5H2,1-2H3/t6-,7?,8?/m1/s1. The largest absolute Gasteiger partial charge is 0.382 e. The first-order valence-electron chi connectivity index (χ1n) is 4.16. The minimum Gasteiger partial charge on any atom is -0.382 e. The number of rotatable bonds is 3. The summed E-state index contributed by atoms with van der Waals surface area (Å²) in [5.41, 5.74) is 0. The normalized spacial score (nSPS) is 36.7. The summed E-state index contributed by atoms with van der Waals surface area (Å²) < 4.78 is 15.7. The van der Waals surface area contributed by atoms with Crippen LogP contribution < -0.4 is 0 Å². The smallest absolute Gasteiger partial charge is 0.107 e. The van der Waals surface area contributed by atoms with E-state index in [2.05, 4.69) is 0 Å². The summed E-state index contributed by atoms with van der Waals surface area (Å²) in [5.74, 6) is 0.100. The molecule has 68 valence electrons. The van der Waals surface area contributed by atoms with Crippen LogP contribution in [0.3, 0.4) is 0 Å². The van der Waals surface area contributed by atoms with Gasteiger partial charge in [-0.2, -0.15) is 0 Å². The van der Waals surface area contributed by atoms with Crippen molar-refractivity contribution in [3.05, 3.63) is 0 Å².